The van der Waals surface area contributed by atoms with Crippen LogP contribution in [-0.2, 0) is 33.2 Å². The summed E-state index contributed by atoms with van der Waals surface area (Å²) in [6.45, 7) is 1.64. The van der Waals surface area contributed by atoms with Gasteiger partial charge in [0.2, 0.25) is 5.91 Å². The summed E-state index contributed by atoms with van der Waals surface area (Å²) in [4.78, 5) is 13.4. The summed E-state index contributed by atoms with van der Waals surface area (Å²) in [6, 6.07) is -0.905. The average molecular weight is 1170 g/mol. The molecule has 17 atom stereocenters. The molecule has 0 spiro atoms. The Balaban J connectivity index is 1.48. The molecule has 0 saturated carbocycles. The number of aliphatic hydroxyl groups excluding tert-OH is 11. The molecule has 1 amide bonds. The van der Waals surface area contributed by atoms with Crippen molar-refractivity contribution in [2.24, 2.45) is 0 Å². The summed E-state index contributed by atoms with van der Waals surface area (Å²) in [6.07, 6.45) is 26.9. The highest BCUT2D eigenvalue weighted by Crippen LogP contribution is 2.33. The molecule has 12 N–H and O–H groups in total. The van der Waals surface area contributed by atoms with Gasteiger partial charge in [-0.2, -0.15) is 0 Å². The summed E-state index contributed by atoms with van der Waals surface area (Å²) in [5.41, 5.74) is 0. The zero-order chi connectivity index (χ0) is 59.7. The third-order valence-corrected chi connectivity index (χ3v) is 15.3. The first kappa shape index (κ1) is 73.5. The van der Waals surface area contributed by atoms with Crippen LogP contribution in [-0.4, -0.2) is 193 Å². The molecule has 0 aromatic heterocycles. The molecule has 0 aliphatic carbocycles. The summed E-state index contributed by atoms with van der Waals surface area (Å²) in [5.74, 6) is -0.271. The second-order valence-electron chi connectivity index (χ2n) is 22.1. The van der Waals surface area contributed by atoms with E-state index in [1.165, 1.54) is 64.2 Å². The van der Waals surface area contributed by atoms with Crippen molar-refractivity contribution in [3.05, 3.63) is 72.9 Å². The molecular weight excluding hydrogens is 1060 g/mol. The van der Waals surface area contributed by atoms with E-state index in [9.17, 15) is 61.0 Å². The van der Waals surface area contributed by atoms with Gasteiger partial charge in [0.1, 0.15) is 73.2 Å². The van der Waals surface area contributed by atoms with Crippen molar-refractivity contribution in [1.29, 1.82) is 0 Å². The maximum Gasteiger partial charge on any atom is 0.220 e. The normalized spacial score (nSPS) is 30.1. The van der Waals surface area contributed by atoms with Crippen molar-refractivity contribution in [1.82, 2.24) is 5.32 Å². The van der Waals surface area contributed by atoms with E-state index in [0.717, 1.165) is 89.9 Å². The predicted octanol–water partition coefficient (Wildman–Crippen LogP) is 6.21. The molecule has 82 heavy (non-hydrogen) atoms. The number of unbranched alkanes of at least 4 members (excludes halogenated alkanes) is 17. The summed E-state index contributed by atoms with van der Waals surface area (Å²) < 4.78 is 34.3. The number of ether oxygens (including phenoxy) is 6. The fraction of sp³-hybridized carbons (Fsp3) is 0.794. The fourth-order valence-corrected chi connectivity index (χ4v) is 10.2. The molecule has 0 aromatic carbocycles. The maximum atomic E-state index is 13.4. The SMILES string of the molecule is CC/C=C\C/C=C\C/C=C\C/C=C\C/C=C\C/C=C\CCCCCCC(=O)NC(COC1OC(CO)C(OC2OC(CO)C(OC3OC(CO)C(O)C(O)C3O)C(O)C2O)C(O)C1O)C(O)CCCCCCCCCCCCCCCC. The number of carbonyl (C=O) groups excluding carboxylic acids is 1. The second-order valence-corrected chi connectivity index (χ2v) is 22.1. The minimum atomic E-state index is -1.98. The monoisotopic (exact) mass is 1170 g/mol. The standard InChI is InChI=1S/C63H109NO18/c1-3-5-7-9-11-13-15-17-19-20-21-22-23-24-25-26-27-29-31-33-35-37-39-41-51(69)64-46(47(68)40-38-36-34-32-30-28-18-16-14-12-10-8-6-4-2)45-77-61-57(75)54(72)59(49(43-66)79-61)82-63-58(76)55(73)60(50(44-67)80-63)81-62-56(74)53(71)52(70)48(42-65)78-62/h5,7,11,13,17,19,21-22,24-25,27,29,46-50,52-63,65-68,70-76H,3-4,6,8-10,12,14-16,18,20,23,26,28,30-45H2,1-2H3,(H,64,69)/b7-5-,13-11-,19-17-,22-21-,25-24-,29-27-. The first-order valence-electron chi connectivity index (χ1n) is 31.2. The lowest BCUT2D eigenvalue weighted by Crippen LogP contribution is -2.66. The molecule has 474 valence electrons. The maximum absolute atomic E-state index is 13.4. The Bertz CT molecular complexity index is 1780. The van der Waals surface area contributed by atoms with E-state index in [4.69, 9.17) is 28.4 Å². The molecule has 3 aliphatic rings. The van der Waals surface area contributed by atoms with Crippen LogP contribution in [0.3, 0.4) is 0 Å². The molecule has 19 nitrogen and oxygen atoms in total. The third kappa shape index (κ3) is 28.6. The van der Waals surface area contributed by atoms with Crippen LogP contribution >= 0.6 is 0 Å². The van der Waals surface area contributed by atoms with Gasteiger partial charge in [-0.25, -0.2) is 0 Å². The highest BCUT2D eigenvalue weighted by atomic mass is 16.8. The Hall–Kier alpha value is -2.77. The lowest BCUT2D eigenvalue weighted by Gasteiger charge is -2.48. The highest BCUT2D eigenvalue weighted by Gasteiger charge is 2.53. The van der Waals surface area contributed by atoms with E-state index < -0.39 is 124 Å². The second kappa shape index (κ2) is 45.5. The smallest absolute Gasteiger partial charge is 0.220 e. The number of aliphatic hydroxyl groups is 11. The van der Waals surface area contributed by atoms with Crippen molar-refractivity contribution >= 4 is 5.91 Å². The molecule has 3 heterocycles. The molecule has 0 bridgehead atoms. The number of allylic oxidation sites excluding steroid dienone is 12. The van der Waals surface area contributed by atoms with Gasteiger partial charge in [-0.15, -0.1) is 0 Å². The molecule has 3 saturated heterocycles. The Labute approximate surface area is 489 Å². The number of rotatable bonds is 45. The quantitative estimate of drug-likeness (QED) is 0.0238. The molecule has 0 radical (unpaired) electrons. The number of amides is 1. The van der Waals surface area contributed by atoms with Gasteiger partial charge in [0.25, 0.3) is 0 Å². The lowest BCUT2D eigenvalue weighted by molar-refractivity contribution is -0.379. The fourth-order valence-electron chi connectivity index (χ4n) is 10.2. The van der Waals surface area contributed by atoms with E-state index in [0.29, 0.717) is 12.8 Å². The van der Waals surface area contributed by atoms with E-state index in [2.05, 4.69) is 92.1 Å². The number of hydrogen-bond acceptors (Lipinski definition) is 18. The van der Waals surface area contributed by atoms with Crippen LogP contribution in [0.25, 0.3) is 0 Å². The molecule has 0 aromatic rings. The molecular formula is C63H109NO18. The van der Waals surface area contributed by atoms with Gasteiger partial charge in [0.15, 0.2) is 18.9 Å². The molecule has 3 fully saturated rings. The minimum absolute atomic E-state index is 0.233. The summed E-state index contributed by atoms with van der Waals surface area (Å²) >= 11 is 0. The highest BCUT2D eigenvalue weighted by molar-refractivity contribution is 5.76. The molecule has 19 heteroatoms. The zero-order valence-electron chi connectivity index (χ0n) is 49.4. The van der Waals surface area contributed by atoms with Gasteiger partial charge >= 0.3 is 0 Å². The van der Waals surface area contributed by atoms with Crippen LogP contribution in [0.4, 0.5) is 0 Å². The van der Waals surface area contributed by atoms with Gasteiger partial charge in [0, 0.05) is 6.42 Å². The Morgan fingerprint density at radius 3 is 1.32 bits per heavy atom. The van der Waals surface area contributed by atoms with Gasteiger partial charge < -0.3 is 89.9 Å². The van der Waals surface area contributed by atoms with Crippen molar-refractivity contribution < 1.29 is 89.4 Å². The third-order valence-electron chi connectivity index (χ3n) is 15.3. The van der Waals surface area contributed by atoms with Crippen molar-refractivity contribution in [2.45, 2.75) is 291 Å². The van der Waals surface area contributed by atoms with E-state index in [1.807, 2.05) is 0 Å². The van der Waals surface area contributed by atoms with E-state index >= 15 is 0 Å². The van der Waals surface area contributed by atoms with Crippen LogP contribution in [0.15, 0.2) is 72.9 Å². The van der Waals surface area contributed by atoms with Crippen molar-refractivity contribution in [3.63, 3.8) is 0 Å². The summed E-state index contributed by atoms with van der Waals surface area (Å²) in [5, 5.41) is 120. The predicted molar refractivity (Wildman–Crippen MR) is 314 cm³/mol. The Morgan fingerprint density at radius 2 is 0.841 bits per heavy atom. The summed E-state index contributed by atoms with van der Waals surface area (Å²) in [7, 11) is 0. The minimum Gasteiger partial charge on any atom is -0.394 e. The van der Waals surface area contributed by atoms with Crippen LogP contribution in [0.2, 0.25) is 0 Å². The molecule has 3 aliphatic heterocycles. The first-order chi connectivity index (χ1) is 39.8. The van der Waals surface area contributed by atoms with Gasteiger partial charge in [-0.05, 0) is 64.2 Å². The van der Waals surface area contributed by atoms with Crippen LogP contribution < -0.4 is 5.32 Å². The Kier molecular flexibility index (Phi) is 40.8. The molecule has 3 rings (SSSR count). The van der Waals surface area contributed by atoms with E-state index in [-0.39, 0.29) is 18.9 Å². The van der Waals surface area contributed by atoms with Crippen LogP contribution in [0.1, 0.15) is 187 Å². The molecule has 17 unspecified atom stereocenters. The van der Waals surface area contributed by atoms with E-state index in [1.54, 1.807) is 0 Å². The lowest BCUT2D eigenvalue weighted by atomic mass is 9.96. The number of nitrogens with one attached hydrogen (secondary N) is 1. The van der Waals surface area contributed by atoms with Crippen molar-refractivity contribution in [2.75, 3.05) is 26.4 Å². The van der Waals surface area contributed by atoms with Crippen molar-refractivity contribution in [3.8, 4) is 0 Å². The Morgan fingerprint density at radius 1 is 0.451 bits per heavy atom. The van der Waals surface area contributed by atoms with Crippen LogP contribution in [0, 0.1) is 0 Å². The van der Waals surface area contributed by atoms with Crippen LogP contribution in [0.5, 0.6) is 0 Å². The topological polar surface area (TPSA) is 307 Å². The zero-order valence-corrected chi connectivity index (χ0v) is 49.4. The van der Waals surface area contributed by atoms with Gasteiger partial charge in [0.05, 0.1) is 38.6 Å². The number of hydrogen-bond donors (Lipinski definition) is 12. The average Bonchev–Trinajstić information content (AvgIpc) is 3.14. The largest absolute Gasteiger partial charge is 0.394 e. The van der Waals surface area contributed by atoms with Gasteiger partial charge in [-0.1, -0.05) is 189 Å². The van der Waals surface area contributed by atoms with Gasteiger partial charge in [-0.3, -0.25) is 4.79 Å². The number of carbonyl (C=O) groups is 1. The first-order valence-corrected chi connectivity index (χ1v) is 31.2.